The van der Waals surface area contributed by atoms with Crippen LogP contribution >= 0.6 is 0 Å². The third kappa shape index (κ3) is 2.97. The van der Waals surface area contributed by atoms with E-state index in [1.165, 1.54) is 0 Å². The Kier molecular flexibility index (Phi) is 3.64. The summed E-state index contributed by atoms with van der Waals surface area (Å²) >= 11 is 0. The van der Waals surface area contributed by atoms with Crippen molar-refractivity contribution in [2.45, 2.75) is 19.4 Å². The number of rotatable bonds is 2. The molecule has 1 aliphatic heterocycles. The number of hydrogen-bond acceptors (Lipinski definition) is 3. The number of nitrogens with one attached hydrogen (secondary N) is 1. The second-order valence-electron chi connectivity index (χ2n) is 4.48. The molecule has 1 heterocycles. The van der Waals surface area contributed by atoms with Crippen LogP contribution in [0.25, 0.3) is 0 Å². The Morgan fingerprint density at radius 1 is 1.47 bits per heavy atom. The largest absolute Gasteiger partial charge is 0.508 e. The van der Waals surface area contributed by atoms with E-state index in [4.69, 9.17) is 0 Å². The van der Waals surface area contributed by atoms with Gasteiger partial charge < -0.3 is 15.3 Å². The first kappa shape index (κ1) is 11.9. The third-order valence-electron chi connectivity index (χ3n) is 3.11. The molecule has 17 heavy (non-hydrogen) atoms. The molecule has 1 aromatic rings. The van der Waals surface area contributed by atoms with Crippen molar-refractivity contribution in [3.05, 3.63) is 29.8 Å². The molecule has 1 aliphatic rings. The van der Waals surface area contributed by atoms with Crippen molar-refractivity contribution in [3.63, 3.8) is 0 Å². The number of carbonyl (C=O) groups excluding carboxylic acids is 1. The summed E-state index contributed by atoms with van der Waals surface area (Å²) in [5, 5.41) is 12.4. The van der Waals surface area contributed by atoms with Gasteiger partial charge in [-0.2, -0.15) is 0 Å². The molecule has 4 nitrogen and oxygen atoms in total. The number of amides is 1. The summed E-state index contributed by atoms with van der Waals surface area (Å²) in [6, 6.07) is 7.07. The molecule has 2 N–H and O–H groups in total. The number of nitrogens with zero attached hydrogens (tertiary/aromatic N) is 1. The summed E-state index contributed by atoms with van der Waals surface area (Å²) in [6.45, 7) is 4.56. The minimum absolute atomic E-state index is 0.157. The number of piperazine rings is 1. The molecular weight excluding hydrogens is 216 g/mol. The number of hydrogen-bond donors (Lipinski definition) is 2. The lowest BCUT2D eigenvalue weighted by molar-refractivity contribution is -0.133. The van der Waals surface area contributed by atoms with Gasteiger partial charge in [-0.05, 0) is 24.6 Å². The van der Waals surface area contributed by atoms with Gasteiger partial charge in [-0.25, -0.2) is 0 Å². The molecule has 1 atom stereocenters. The van der Waals surface area contributed by atoms with Crippen molar-refractivity contribution < 1.29 is 9.90 Å². The number of benzene rings is 1. The number of aromatic hydroxyl groups is 1. The summed E-state index contributed by atoms with van der Waals surface area (Å²) in [4.78, 5) is 14.0. The highest BCUT2D eigenvalue weighted by molar-refractivity contribution is 5.79. The average molecular weight is 234 g/mol. The number of phenolic OH excluding ortho intramolecular Hbond substituents is 1. The molecule has 0 radical (unpaired) electrons. The van der Waals surface area contributed by atoms with Crippen molar-refractivity contribution in [2.24, 2.45) is 0 Å². The fourth-order valence-electron chi connectivity index (χ4n) is 2.10. The maximum absolute atomic E-state index is 12.1. The van der Waals surface area contributed by atoms with Crippen molar-refractivity contribution in [2.75, 3.05) is 19.6 Å². The maximum atomic E-state index is 12.1. The van der Waals surface area contributed by atoms with E-state index in [0.717, 1.165) is 25.2 Å². The molecule has 2 rings (SSSR count). The van der Waals surface area contributed by atoms with Gasteiger partial charge in [-0.15, -0.1) is 0 Å². The van der Waals surface area contributed by atoms with E-state index in [1.54, 1.807) is 24.3 Å². The van der Waals surface area contributed by atoms with Crippen LogP contribution in [0.5, 0.6) is 5.75 Å². The van der Waals surface area contributed by atoms with Gasteiger partial charge in [0.1, 0.15) is 5.75 Å². The minimum Gasteiger partial charge on any atom is -0.508 e. The standard InChI is InChI=1S/C13H18N2O2/c1-10-9-14-6-7-15(10)13(17)8-11-2-4-12(16)5-3-11/h2-5,10,14,16H,6-9H2,1H3/t10-/m0/s1. The zero-order valence-corrected chi connectivity index (χ0v) is 10.0. The summed E-state index contributed by atoms with van der Waals surface area (Å²) in [6.07, 6.45) is 0.407. The highest BCUT2D eigenvalue weighted by atomic mass is 16.3. The van der Waals surface area contributed by atoms with E-state index in [-0.39, 0.29) is 17.7 Å². The summed E-state index contributed by atoms with van der Waals surface area (Å²) < 4.78 is 0. The molecule has 0 bridgehead atoms. The number of carbonyl (C=O) groups is 1. The van der Waals surface area contributed by atoms with E-state index < -0.39 is 0 Å². The van der Waals surface area contributed by atoms with E-state index in [9.17, 15) is 9.90 Å². The van der Waals surface area contributed by atoms with Gasteiger partial charge in [0, 0.05) is 25.7 Å². The fraction of sp³-hybridized carbons (Fsp3) is 0.462. The molecule has 0 spiro atoms. The predicted octanol–water partition coefficient (Wildman–Crippen LogP) is 0.755. The van der Waals surface area contributed by atoms with Gasteiger partial charge in [0.05, 0.1) is 6.42 Å². The van der Waals surface area contributed by atoms with Crippen LogP contribution in [0, 0.1) is 0 Å². The van der Waals surface area contributed by atoms with Gasteiger partial charge in [0.15, 0.2) is 0 Å². The van der Waals surface area contributed by atoms with Crippen LogP contribution in [0.3, 0.4) is 0 Å². The second kappa shape index (κ2) is 5.19. The van der Waals surface area contributed by atoms with E-state index in [1.807, 2.05) is 4.90 Å². The lowest BCUT2D eigenvalue weighted by atomic mass is 10.1. The molecule has 4 heteroatoms. The molecule has 0 aliphatic carbocycles. The molecule has 1 aromatic carbocycles. The average Bonchev–Trinajstić information content (AvgIpc) is 2.32. The Morgan fingerprint density at radius 2 is 2.18 bits per heavy atom. The fourth-order valence-corrected chi connectivity index (χ4v) is 2.10. The Labute approximate surface area is 101 Å². The van der Waals surface area contributed by atoms with Gasteiger partial charge in [-0.1, -0.05) is 12.1 Å². The quantitative estimate of drug-likeness (QED) is 0.794. The molecule has 0 unspecified atom stereocenters. The van der Waals surface area contributed by atoms with Crippen molar-refractivity contribution in [1.29, 1.82) is 0 Å². The molecular formula is C13H18N2O2. The molecule has 0 aromatic heterocycles. The lowest BCUT2D eigenvalue weighted by Gasteiger charge is -2.34. The Bertz CT molecular complexity index is 389. The first-order chi connectivity index (χ1) is 8.16. The van der Waals surface area contributed by atoms with Crippen LogP contribution in [0.2, 0.25) is 0 Å². The molecule has 1 amide bonds. The Hall–Kier alpha value is -1.55. The van der Waals surface area contributed by atoms with Crippen LogP contribution in [0.1, 0.15) is 12.5 Å². The Morgan fingerprint density at radius 3 is 2.82 bits per heavy atom. The highest BCUT2D eigenvalue weighted by Crippen LogP contribution is 2.12. The molecule has 0 saturated carbocycles. The van der Waals surface area contributed by atoms with Gasteiger partial charge in [0.2, 0.25) is 5.91 Å². The topological polar surface area (TPSA) is 52.6 Å². The van der Waals surface area contributed by atoms with E-state index in [2.05, 4.69) is 12.2 Å². The molecule has 1 saturated heterocycles. The maximum Gasteiger partial charge on any atom is 0.227 e. The predicted molar refractivity (Wildman–Crippen MR) is 65.9 cm³/mol. The molecule has 92 valence electrons. The van der Waals surface area contributed by atoms with Crippen LogP contribution in [0.15, 0.2) is 24.3 Å². The van der Waals surface area contributed by atoms with E-state index in [0.29, 0.717) is 6.42 Å². The lowest BCUT2D eigenvalue weighted by Crippen LogP contribution is -2.52. The van der Waals surface area contributed by atoms with E-state index >= 15 is 0 Å². The van der Waals surface area contributed by atoms with Crippen LogP contribution in [-0.4, -0.2) is 41.6 Å². The Balaban J connectivity index is 1.98. The number of phenols is 1. The van der Waals surface area contributed by atoms with Crippen molar-refractivity contribution >= 4 is 5.91 Å². The first-order valence-electron chi connectivity index (χ1n) is 5.95. The van der Waals surface area contributed by atoms with Crippen LogP contribution in [0.4, 0.5) is 0 Å². The normalized spacial score (nSPS) is 20.3. The second-order valence-corrected chi connectivity index (χ2v) is 4.48. The zero-order valence-electron chi connectivity index (χ0n) is 10.0. The van der Waals surface area contributed by atoms with Crippen LogP contribution in [-0.2, 0) is 11.2 Å². The first-order valence-corrected chi connectivity index (χ1v) is 5.95. The SMILES string of the molecule is C[C@H]1CNCCN1C(=O)Cc1ccc(O)cc1. The minimum atomic E-state index is 0.157. The summed E-state index contributed by atoms with van der Waals surface area (Å²) in [5.41, 5.74) is 0.943. The monoisotopic (exact) mass is 234 g/mol. The summed E-state index contributed by atoms with van der Waals surface area (Å²) in [7, 11) is 0. The van der Waals surface area contributed by atoms with Gasteiger partial charge in [-0.3, -0.25) is 4.79 Å². The third-order valence-corrected chi connectivity index (χ3v) is 3.11. The van der Waals surface area contributed by atoms with Crippen molar-refractivity contribution in [3.8, 4) is 5.75 Å². The van der Waals surface area contributed by atoms with Crippen molar-refractivity contribution in [1.82, 2.24) is 10.2 Å². The van der Waals surface area contributed by atoms with Gasteiger partial charge >= 0.3 is 0 Å². The zero-order chi connectivity index (χ0) is 12.3. The highest BCUT2D eigenvalue weighted by Gasteiger charge is 2.22. The van der Waals surface area contributed by atoms with Gasteiger partial charge in [0.25, 0.3) is 0 Å². The molecule has 1 fully saturated rings. The smallest absolute Gasteiger partial charge is 0.227 e. The van der Waals surface area contributed by atoms with Crippen LogP contribution < -0.4 is 5.32 Å². The summed E-state index contributed by atoms with van der Waals surface area (Å²) in [5.74, 6) is 0.390.